The van der Waals surface area contributed by atoms with Gasteiger partial charge in [0.2, 0.25) is 0 Å². The number of aliphatic hydroxyl groups is 4. The van der Waals surface area contributed by atoms with Crippen LogP contribution in [-0.2, 0) is 27.2 Å². The number of anilines is 1. The molecule has 1 saturated carbocycles. The second-order valence-corrected chi connectivity index (χ2v) is 13.2. The summed E-state index contributed by atoms with van der Waals surface area (Å²) in [6.07, 6.45) is -3.54. The number of primary amides is 1. The zero-order chi connectivity index (χ0) is 32.0. The third-order valence-electron chi connectivity index (χ3n) is 7.31. The molecule has 44 heavy (non-hydrogen) atoms. The highest BCUT2D eigenvalue weighted by molar-refractivity contribution is 7.60. The molecule has 22 heteroatoms. The van der Waals surface area contributed by atoms with Crippen molar-refractivity contribution in [3.8, 4) is 0 Å². The molecule has 9 N–H and O–H groups in total. The van der Waals surface area contributed by atoms with Crippen molar-refractivity contribution in [2.24, 2.45) is 11.7 Å². The molecule has 240 valence electrons. The van der Waals surface area contributed by atoms with Crippen molar-refractivity contribution in [1.29, 1.82) is 0 Å². The molecule has 1 aliphatic carbocycles. The van der Waals surface area contributed by atoms with Crippen LogP contribution in [0.1, 0.15) is 29.0 Å². The second kappa shape index (κ2) is 12.4. The maximum atomic E-state index is 12.4. The van der Waals surface area contributed by atoms with E-state index in [2.05, 4.69) is 19.3 Å². The van der Waals surface area contributed by atoms with Gasteiger partial charge >= 0.3 is 7.82 Å². The predicted octanol–water partition coefficient (Wildman–Crippen LogP) is -2.98. The number of nitrogens with two attached hydrogens (primary N) is 2. The van der Waals surface area contributed by atoms with Gasteiger partial charge in [-0.15, -0.1) is 0 Å². The van der Waals surface area contributed by atoms with Crippen LogP contribution in [0.3, 0.4) is 0 Å². The van der Waals surface area contributed by atoms with Gasteiger partial charge in [0.05, 0.1) is 25.6 Å². The van der Waals surface area contributed by atoms with Gasteiger partial charge in [-0.3, -0.25) is 18.5 Å². The summed E-state index contributed by atoms with van der Waals surface area (Å²) in [7, 11) is -10.9. The van der Waals surface area contributed by atoms with Crippen molar-refractivity contribution in [3.63, 3.8) is 0 Å². The first-order valence-corrected chi connectivity index (χ1v) is 15.9. The molecular formula is C22H29N7O13P2. The average Bonchev–Trinajstić information content (AvgIpc) is 3.61. The van der Waals surface area contributed by atoms with E-state index < -0.39 is 83.5 Å². The lowest BCUT2D eigenvalue weighted by atomic mass is 10.1. The van der Waals surface area contributed by atoms with Crippen molar-refractivity contribution in [2.45, 2.75) is 49.2 Å². The molecule has 2 unspecified atom stereocenters. The minimum absolute atomic E-state index is 0.00622. The number of nitrogens with zero attached hydrogens (tertiary/aromatic N) is 5. The molecule has 0 bridgehead atoms. The van der Waals surface area contributed by atoms with Gasteiger partial charge in [0.1, 0.15) is 41.8 Å². The Morgan fingerprint density at radius 3 is 2.59 bits per heavy atom. The zero-order valence-electron chi connectivity index (χ0n) is 22.5. The molecule has 4 heterocycles. The number of phosphoric ester groups is 2. The summed E-state index contributed by atoms with van der Waals surface area (Å²) in [4.78, 5) is 45.7. The number of aliphatic hydroxyl groups excluding tert-OH is 4. The molecule has 1 saturated heterocycles. The Balaban J connectivity index is 1.16. The van der Waals surface area contributed by atoms with Crippen molar-refractivity contribution in [2.75, 3.05) is 18.9 Å². The summed E-state index contributed by atoms with van der Waals surface area (Å²) in [5.74, 6) is -1.63. The number of rotatable bonds is 11. The quantitative estimate of drug-likeness (QED) is 0.0796. The summed E-state index contributed by atoms with van der Waals surface area (Å²) in [6, 6.07) is 2.17. The standard InChI is InChI=1S/C22H29N7O13P2/c23-19-14-21(26-8-25-19)29(9-27-14)22-18(33)17(32)13(41-22)7-40-44(37,38)42-43(35,36)39-6-11-4-12(16(31)15(11)30)28-3-1-2-10(5-28)20(24)34/h1-3,5,8-9,11-13,15-18,22,30-33H,4,6-7H2,(H5-,23,24,25,26,34,35,36,37,38)/t11-,12-,13+,15-,16+,17+,18+,22+/m0/s1. The fourth-order valence-corrected chi connectivity index (χ4v) is 7.18. The number of hydrogen-bond acceptors (Lipinski definition) is 16. The molecule has 0 spiro atoms. The number of carbonyl (C=O) groups is 1. The first-order chi connectivity index (χ1) is 20.7. The molecule has 10 atom stereocenters. The Hall–Kier alpha value is -2.97. The molecule has 2 fully saturated rings. The van der Waals surface area contributed by atoms with Crippen LogP contribution in [0.2, 0.25) is 0 Å². The number of aromatic nitrogens is 5. The van der Waals surface area contributed by atoms with Crippen LogP contribution in [0.15, 0.2) is 37.2 Å². The fourth-order valence-electron chi connectivity index (χ4n) is 5.09. The van der Waals surface area contributed by atoms with Crippen molar-refractivity contribution < 1.29 is 66.8 Å². The van der Waals surface area contributed by atoms with E-state index in [1.165, 1.54) is 40.0 Å². The molecule has 20 nitrogen and oxygen atoms in total. The summed E-state index contributed by atoms with van der Waals surface area (Å²) >= 11 is 0. The van der Waals surface area contributed by atoms with Crippen molar-refractivity contribution >= 4 is 38.5 Å². The molecule has 5 rings (SSSR count). The van der Waals surface area contributed by atoms with Crippen LogP contribution in [0.5, 0.6) is 0 Å². The van der Waals surface area contributed by atoms with Gasteiger partial charge in [-0.05, 0) is 6.07 Å². The van der Waals surface area contributed by atoms with E-state index in [-0.39, 0.29) is 29.0 Å². The van der Waals surface area contributed by atoms with Gasteiger partial charge in [-0.25, -0.2) is 23.8 Å². The highest BCUT2D eigenvalue weighted by Crippen LogP contribution is 2.58. The van der Waals surface area contributed by atoms with Crippen molar-refractivity contribution in [3.05, 3.63) is 42.7 Å². The van der Waals surface area contributed by atoms with Crippen LogP contribution in [0.25, 0.3) is 11.2 Å². The molecule has 1 aliphatic heterocycles. The highest BCUT2D eigenvalue weighted by Gasteiger charge is 2.48. The average molecular weight is 661 g/mol. The Morgan fingerprint density at radius 1 is 1.11 bits per heavy atom. The lowest BCUT2D eigenvalue weighted by Gasteiger charge is -2.27. The fraction of sp³-hybridized carbons (Fsp3) is 0.500. The molecule has 0 radical (unpaired) electrons. The lowest BCUT2D eigenvalue weighted by Crippen LogP contribution is -2.45. The number of fused-ring (bicyclic) bond motifs is 1. The van der Waals surface area contributed by atoms with Crippen LogP contribution < -0.4 is 20.9 Å². The van der Waals surface area contributed by atoms with E-state index >= 15 is 0 Å². The maximum Gasteiger partial charge on any atom is 0.478 e. The van der Waals surface area contributed by atoms with Gasteiger partial charge in [0.15, 0.2) is 36.1 Å². The third-order valence-corrected chi connectivity index (χ3v) is 9.88. The first-order valence-electron chi connectivity index (χ1n) is 12.9. The number of phosphoric acid groups is 2. The Bertz CT molecular complexity index is 1630. The van der Waals surface area contributed by atoms with Gasteiger partial charge in [-0.1, -0.05) is 0 Å². The minimum Gasteiger partial charge on any atom is -0.756 e. The van der Waals surface area contributed by atoms with Crippen LogP contribution in [0, 0.1) is 5.92 Å². The summed E-state index contributed by atoms with van der Waals surface area (Å²) in [6.45, 7) is -1.64. The Morgan fingerprint density at radius 2 is 1.86 bits per heavy atom. The molecular weight excluding hydrogens is 632 g/mol. The number of hydrogen-bond donors (Lipinski definition) is 7. The monoisotopic (exact) mass is 661 g/mol. The van der Waals surface area contributed by atoms with E-state index in [1.54, 1.807) is 0 Å². The van der Waals surface area contributed by atoms with E-state index in [0.717, 1.165) is 6.33 Å². The summed E-state index contributed by atoms with van der Waals surface area (Å²) in [5, 5.41) is 41.8. The normalized spacial score (nSPS) is 31.6. The van der Waals surface area contributed by atoms with E-state index in [4.69, 9.17) is 25.3 Å². The number of pyridine rings is 1. The van der Waals surface area contributed by atoms with Gasteiger partial charge in [-0.2, -0.15) is 4.57 Å². The van der Waals surface area contributed by atoms with E-state index in [0.29, 0.717) is 0 Å². The van der Waals surface area contributed by atoms with Gasteiger partial charge in [0, 0.05) is 18.4 Å². The number of amides is 1. The lowest BCUT2D eigenvalue weighted by molar-refractivity contribution is -0.728. The van der Waals surface area contributed by atoms with Gasteiger partial charge < -0.3 is 50.9 Å². The summed E-state index contributed by atoms with van der Waals surface area (Å²) in [5.41, 5.74) is 11.5. The van der Waals surface area contributed by atoms with Crippen LogP contribution >= 0.6 is 15.6 Å². The molecule has 3 aromatic rings. The Kier molecular flexibility index (Phi) is 9.16. The first kappa shape index (κ1) is 32.4. The van der Waals surface area contributed by atoms with E-state index in [9.17, 15) is 44.1 Å². The SMILES string of the molecule is NC(=O)c1ccc[n+]([C@H]2C[C@@H](COP(=O)([O-])OP(=O)(O)OC[C@H]3O[C@@H](n4cnc5c(N)ncnc54)[C@H](O)[C@@H]3O)[C@H](O)[C@@H]2O)c1. The molecule has 0 aromatic carbocycles. The maximum absolute atomic E-state index is 12.4. The Labute approximate surface area is 247 Å². The number of nitrogen functional groups attached to an aromatic ring is 1. The number of ether oxygens (including phenoxy) is 1. The largest absolute Gasteiger partial charge is 0.756 e. The topological polar surface area (TPSA) is 312 Å². The number of imidazole rings is 1. The smallest absolute Gasteiger partial charge is 0.478 e. The number of carbonyl (C=O) groups excluding carboxylic acids is 1. The molecule has 2 aliphatic rings. The van der Waals surface area contributed by atoms with Gasteiger partial charge in [0.25, 0.3) is 13.7 Å². The minimum atomic E-state index is -5.54. The summed E-state index contributed by atoms with van der Waals surface area (Å²) < 4.78 is 46.6. The van der Waals surface area contributed by atoms with Crippen LogP contribution in [0.4, 0.5) is 5.82 Å². The van der Waals surface area contributed by atoms with E-state index in [1.807, 2.05) is 0 Å². The molecule has 3 aromatic heterocycles. The van der Waals surface area contributed by atoms with Crippen molar-refractivity contribution in [1.82, 2.24) is 19.5 Å². The highest BCUT2D eigenvalue weighted by atomic mass is 31.3. The van der Waals surface area contributed by atoms with Crippen LogP contribution in [-0.4, -0.2) is 94.5 Å². The second-order valence-electron chi connectivity index (χ2n) is 10.2. The third kappa shape index (κ3) is 6.66. The molecule has 1 amide bonds. The zero-order valence-corrected chi connectivity index (χ0v) is 24.3. The predicted molar refractivity (Wildman–Crippen MR) is 140 cm³/mol.